The van der Waals surface area contributed by atoms with Crippen LogP contribution in [-0.4, -0.2) is 46.8 Å². The van der Waals surface area contributed by atoms with Gasteiger partial charge in [-0.05, 0) is 59.4 Å². The molecule has 1 unspecified atom stereocenters. The van der Waals surface area contributed by atoms with E-state index < -0.39 is 6.09 Å². The minimum Gasteiger partial charge on any atom is -0.465 e. The summed E-state index contributed by atoms with van der Waals surface area (Å²) in [5.41, 5.74) is 5.27. The van der Waals surface area contributed by atoms with E-state index in [2.05, 4.69) is 5.32 Å². The molecule has 2 aliphatic rings. The fraction of sp³-hybridized carbons (Fsp3) is 0.929. The molecule has 0 aromatic rings. The fourth-order valence-corrected chi connectivity index (χ4v) is 2.79. The minimum absolute atomic E-state index is 0. The van der Waals surface area contributed by atoms with Crippen molar-refractivity contribution in [1.29, 1.82) is 0 Å². The molecule has 1 amide bonds. The molecular formula is C14H29N3O2. The van der Waals surface area contributed by atoms with Crippen molar-refractivity contribution in [2.75, 3.05) is 19.6 Å². The molecule has 2 fully saturated rings. The fourth-order valence-electron chi connectivity index (χ4n) is 2.79. The predicted octanol–water partition coefficient (Wildman–Crippen LogP) is 2.02. The van der Waals surface area contributed by atoms with E-state index in [1.165, 1.54) is 6.42 Å². The number of rotatable bonds is 0. The lowest BCUT2D eigenvalue weighted by atomic mass is 9.81. The third-order valence-corrected chi connectivity index (χ3v) is 3.53. The molecule has 0 saturated carbocycles. The summed E-state index contributed by atoms with van der Waals surface area (Å²) in [6.07, 6.45) is 4.62. The Morgan fingerprint density at radius 3 is 2.32 bits per heavy atom. The highest BCUT2D eigenvalue weighted by atomic mass is 16.4. The zero-order valence-electron chi connectivity index (χ0n) is 12.5. The number of hydrogen-bond acceptors (Lipinski definition) is 3. The van der Waals surface area contributed by atoms with E-state index in [0.29, 0.717) is 0 Å². The Hall–Kier alpha value is -0.810. The number of carboxylic acid groups (broad SMARTS) is 1. The minimum atomic E-state index is -0.742. The molecule has 4 N–H and O–H groups in total. The number of nitrogens with zero attached hydrogens (tertiary/aromatic N) is 1. The molecule has 2 saturated heterocycles. The number of amides is 1. The second-order valence-electron chi connectivity index (χ2n) is 6.76. The van der Waals surface area contributed by atoms with Crippen LogP contribution in [0.3, 0.4) is 0 Å². The maximum Gasteiger partial charge on any atom is 0.407 e. The van der Waals surface area contributed by atoms with Crippen LogP contribution in [0.1, 0.15) is 52.9 Å². The lowest BCUT2D eigenvalue weighted by Crippen LogP contribution is -2.61. The average Bonchev–Trinajstić information content (AvgIpc) is 2.28. The Labute approximate surface area is 116 Å². The van der Waals surface area contributed by atoms with Crippen LogP contribution in [0.5, 0.6) is 0 Å². The zero-order chi connectivity index (χ0) is 14.5. The van der Waals surface area contributed by atoms with Crippen molar-refractivity contribution < 1.29 is 9.90 Å². The Morgan fingerprint density at radius 1 is 1.26 bits per heavy atom. The van der Waals surface area contributed by atoms with E-state index in [9.17, 15) is 4.79 Å². The van der Waals surface area contributed by atoms with Crippen molar-refractivity contribution in [3.8, 4) is 0 Å². The van der Waals surface area contributed by atoms with Gasteiger partial charge >= 0.3 is 6.09 Å². The monoisotopic (exact) mass is 271 g/mol. The van der Waals surface area contributed by atoms with Gasteiger partial charge in [-0.2, -0.15) is 0 Å². The topological polar surface area (TPSA) is 78.6 Å². The molecule has 0 aromatic heterocycles. The van der Waals surface area contributed by atoms with Crippen LogP contribution in [0.2, 0.25) is 0 Å². The lowest BCUT2D eigenvalue weighted by Gasteiger charge is -2.48. The first kappa shape index (κ1) is 16.2. The van der Waals surface area contributed by atoms with Crippen molar-refractivity contribution >= 4 is 6.09 Å². The Balaban J connectivity index is 0.000000312. The second kappa shape index (κ2) is 6.57. The molecule has 1 atom stereocenters. The zero-order valence-corrected chi connectivity index (χ0v) is 12.5. The Morgan fingerprint density at radius 2 is 1.84 bits per heavy atom. The summed E-state index contributed by atoms with van der Waals surface area (Å²) in [4.78, 5) is 12.8. The molecule has 0 bridgehead atoms. The van der Waals surface area contributed by atoms with Crippen molar-refractivity contribution in [2.24, 2.45) is 5.73 Å². The summed E-state index contributed by atoms with van der Waals surface area (Å²) in [5, 5.41) is 12.5. The van der Waals surface area contributed by atoms with Gasteiger partial charge in [-0.25, -0.2) is 4.79 Å². The van der Waals surface area contributed by atoms with Crippen molar-refractivity contribution in [3.63, 3.8) is 0 Å². The standard InChI is InChI=1S/C10H18N2O2.C4H11N/c13-9(14)12-7-2-1-4-10(12)5-3-6-11-8-10;1-4(2,3)5/h11H,1-8H2,(H,13,14);5H2,1-3H3. The summed E-state index contributed by atoms with van der Waals surface area (Å²) < 4.78 is 0. The smallest absolute Gasteiger partial charge is 0.407 e. The summed E-state index contributed by atoms with van der Waals surface area (Å²) in [7, 11) is 0. The molecule has 0 aliphatic carbocycles. The van der Waals surface area contributed by atoms with Crippen LogP contribution in [-0.2, 0) is 0 Å². The van der Waals surface area contributed by atoms with Gasteiger partial charge in [-0.1, -0.05) is 0 Å². The Bertz CT molecular complexity index is 279. The van der Waals surface area contributed by atoms with Gasteiger partial charge in [0.25, 0.3) is 0 Å². The maximum absolute atomic E-state index is 11.1. The molecule has 0 aromatic carbocycles. The summed E-state index contributed by atoms with van der Waals surface area (Å²) in [6, 6.07) is 0. The molecule has 5 nitrogen and oxygen atoms in total. The van der Waals surface area contributed by atoms with Gasteiger partial charge in [-0.15, -0.1) is 0 Å². The second-order valence-corrected chi connectivity index (χ2v) is 6.76. The number of hydrogen-bond donors (Lipinski definition) is 3. The van der Waals surface area contributed by atoms with Crippen LogP contribution in [0.4, 0.5) is 4.79 Å². The Kier molecular flexibility index (Phi) is 5.62. The van der Waals surface area contributed by atoms with Crippen molar-refractivity contribution in [1.82, 2.24) is 10.2 Å². The first-order chi connectivity index (χ1) is 8.75. The molecule has 5 heteroatoms. The van der Waals surface area contributed by atoms with Gasteiger partial charge in [-0.3, -0.25) is 0 Å². The van der Waals surface area contributed by atoms with Crippen LogP contribution in [0, 0.1) is 0 Å². The highest BCUT2D eigenvalue weighted by Crippen LogP contribution is 2.33. The molecule has 2 aliphatic heterocycles. The normalized spacial score (nSPS) is 27.7. The first-order valence-electron chi connectivity index (χ1n) is 7.25. The molecule has 0 radical (unpaired) electrons. The van der Waals surface area contributed by atoms with E-state index in [0.717, 1.165) is 45.3 Å². The van der Waals surface area contributed by atoms with Gasteiger partial charge in [0, 0.05) is 18.6 Å². The third kappa shape index (κ3) is 5.37. The van der Waals surface area contributed by atoms with E-state index in [4.69, 9.17) is 10.8 Å². The highest BCUT2D eigenvalue weighted by Gasteiger charge is 2.42. The molecule has 2 rings (SSSR count). The predicted molar refractivity (Wildman–Crippen MR) is 77.4 cm³/mol. The molecule has 19 heavy (non-hydrogen) atoms. The van der Waals surface area contributed by atoms with Crippen LogP contribution in [0.15, 0.2) is 0 Å². The summed E-state index contributed by atoms with van der Waals surface area (Å²) >= 11 is 0. The van der Waals surface area contributed by atoms with Gasteiger partial charge < -0.3 is 21.1 Å². The summed E-state index contributed by atoms with van der Waals surface area (Å²) in [5.74, 6) is 0. The van der Waals surface area contributed by atoms with Gasteiger partial charge in [0.05, 0.1) is 5.54 Å². The third-order valence-electron chi connectivity index (χ3n) is 3.53. The molecule has 2 heterocycles. The van der Waals surface area contributed by atoms with Crippen molar-refractivity contribution in [3.05, 3.63) is 0 Å². The average molecular weight is 271 g/mol. The van der Waals surface area contributed by atoms with Crippen LogP contribution in [0.25, 0.3) is 0 Å². The van der Waals surface area contributed by atoms with E-state index in [1.807, 2.05) is 20.8 Å². The number of nitrogens with two attached hydrogens (primary N) is 1. The molecule has 112 valence electrons. The van der Waals surface area contributed by atoms with E-state index in [-0.39, 0.29) is 11.1 Å². The number of nitrogens with one attached hydrogen (secondary N) is 1. The quantitative estimate of drug-likeness (QED) is 0.630. The van der Waals surface area contributed by atoms with Gasteiger partial charge in [0.2, 0.25) is 0 Å². The van der Waals surface area contributed by atoms with Crippen molar-refractivity contribution in [2.45, 2.75) is 64.0 Å². The molecule has 1 spiro atoms. The first-order valence-corrected chi connectivity index (χ1v) is 7.25. The van der Waals surface area contributed by atoms with Crippen LogP contribution < -0.4 is 11.1 Å². The number of piperidine rings is 2. The van der Waals surface area contributed by atoms with Gasteiger partial charge in [0.1, 0.15) is 0 Å². The maximum atomic E-state index is 11.1. The van der Waals surface area contributed by atoms with E-state index in [1.54, 1.807) is 4.90 Å². The highest BCUT2D eigenvalue weighted by molar-refractivity contribution is 5.66. The van der Waals surface area contributed by atoms with Gasteiger partial charge in [0.15, 0.2) is 0 Å². The lowest BCUT2D eigenvalue weighted by molar-refractivity contribution is 0.0310. The van der Waals surface area contributed by atoms with Crippen LogP contribution >= 0.6 is 0 Å². The number of likely N-dealkylation sites (tertiary alicyclic amines) is 1. The number of carbonyl (C=O) groups is 1. The SMILES string of the molecule is CC(C)(C)N.O=C(O)N1CCCCC12CCCNC2. The van der Waals surface area contributed by atoms with E-state index >= 15 is 0 Å². The molecular weight excluding hydrogens is 242 g/mol. The largest absolute Gasteiger partial charge is 0.465 e. The summed E-state index contributed by atoms with van der Waals surface area (Å²) in [6.45, 7) is 8.50.